The van der Waals surface area contributed by atoms with E-state index in [2.05, 4.69) is 28.9 Å². The Morgan fingerprint density at radius 2 is 1.93 bits per heavy atom. The zero-order chi connectivity index (χ0) is 20.7. The van der Waals surface area contributed by atoms with Crippen molar-refractivity contribution in [3.8, 4) is 11.3 Å². The quantitative estimate of drug-likeness (QED) is 0.542. The Bertz CT molecular complexity index is 1190. The number of rotatable bonds is 5. The van der Waals surface area contributed by atoms with Gasteiger partial charge in [0.2, 0.25) is 0 Å². The Labute approximate surface area is 169 Å². The fraction of sp³-hybridized carbons (Fsp3) is 0.304. The van der Waals surface area contributed by atoms with Crippen LogP contribution in [-0.4, -0.2) is 24.4 Å². The number of pyridine rings is 1. The van der Waals surface area contributed by atoms with Crippen molar-refractivity contribution in [3.05, 3.63) is 70.9 Å². The maximum Gasteiger partial charge on any atom is 0.140 e. The Hall–Kier alpha value is -2.99. The molecule has 3 aromatic heterocycles. The topological polar surface area (TPSA) is 55.9 Å². The number of nitrogens with zero attached hydrogens (tertiary/aromatic N) is 4. The normalized spacial score (nSPS) is 12.6. The van der Waals surface area contributed by atoms with Gasteiger partial charge >= 0.3 is 0 Å². The van der Waals surface area contributed by atoms with E-state index >= 15 is 0 Å². The molecule has 29 heavy (non-hydrogen) atoms. The zero-order valence-corrected chi connectivity index (χ0v) is 17.1. The van der Waals surface area contributed by atoms with Gasteiger partial charge in [-0.25, -0.2) is 9.37 Å². The average molecular weight is 392 g/mol. The summed E-state index contributed by atoms with van der Waals surface area (Å²) < 4.78 is 17.7. The zero-order valence-electron chi connectivity index (χ0n) is 17.1. The van der Waals surface area contributed by atoms with Gasteiger partial charge in [-0.05, 0) is 62.2 Å². The van der Waals surface area contributed by atoms with Crippen LogP contribution in [0.4, 0.5) is 4.39 Å². The molecule has 1 aromatic carbocycles. The van der Waals surface area contributed by atoms with Crippen molar-refractivity contribution in [3.63, 3.8) is 0 Å². The molecule has 4 aromatic rings. The lowest BCUT2D eigenvalue weighted by Crippen LogP contribution is -1.99. The van der Waals surface area contributed by atoms with Crippen LogP contribution in [0.2, 0.25) is 0 Å². The molecule has 0 fully saturated rings. The molecule has 3 heterocycles. The minimum Gasteiger partial charge on any atom is -0.389 e. The van der Waals surface area contributed by atoms with Crippen molar-refractivity contribution in [2.24, 2.45) is 7.05 Å². The van der Waals surface area contributed by atoms with Crippen LogP contribution < -0.4 is 0 Å². The SMILES string of the molecule is CCn1cc(Cc2cn(C)nc2-c2ccc(F)cc2[C@@H](C)O)c2ccc(C)nc21. The number of aryl methyl sites for hydroxylation is 3. The lowest BCUT2D eigenvalue weighted by Gasteiger charge is -2.12. The van der Waals surface area contributed by atoms with E-state index in [9.17, 15) is 9.50 Å². The Morgan fingerprint density at radius 1 is 1.14 bits per heavy atom. The summed E-state index contributed by atoms with van der Waals surface area (Å²) in [6.07, 6.45) is 4.02. The molecular formula is C23H25FN4O. The fourth-order valence-electron chi connectivity index (χ4n) is 3.91. The second-order valence-corrected chi connectivity index (χ2v) is 7.53. The van der Waals surface area contributed by atoms with Crippen molar-refractivity contribution < 1.29 is 9.50 Å². The molecule has 5 nitrogen and oxygen atoms in total. The predicted molar refractivity (Wildman–Crippen MR) is 112 cm³/mol. The molecule has 0 aliphatic rings. The van der Waals surface area contributed by atoms with E-state index < -0.39 is 6.10 Å². The number of halogens is 1. The summed E-state index contributed by atoms with van der Waals surface area (Å²) in [5.41, 5.74) is 6.23. The Morgan fingerprint density at radius 3 is 2.66 bits per heavy atom. The lowest BCUT2D eigenvalue weighted by atomic mass is 9.96. The highest BCUT2D eigenvalue weighted by molar-refractivity contribution is 5.81. The minimum absolute atomic E-state index is 0.366. The second-order valence-electron chi connectivity index (χ2n) is 7.53. The highest BCUT2D eigenvalue weighted by Gasteiger charge is 2.19. The van der Waals surface area contributed by atoms with Gasteiger partial charge in [0.1, 0.15) is 11.5 Å². The lowest BCUT2D eigenvalue weighted by molar-refractivity contribution is 0.199. The van der Waals surface area contributed by atoms with E-state index in [4.69, 9.17) is 4.98 Å². The summed E-state index contributed by atoms with van der Waals surface area (Å²) in [7, 11) is 1.87. The number of hydrogen-bond acceptors (Lipinski definition) is 3. The van der Waals surface area contributed by atoms with Crippen molar-refractivity contribution in [2.75, 3.05) is 0 Å². The maximum atomic E-state index is 13.8. The standard InChI is InChI=1S/C23H25FN4O/c1-5-28-13-16(19-8-6-14(2)25-23(19)28)10-17-12-27(4)26-22(17)20-9-7-18(24)11-21(20)15(3)29/h6-9,11-13,15,29H,5,10H2,1-4H3/t15-/m1/s1. The molecule has 150 valence electrons. The first kappa shape index (κ1) is 19.3. The molecule has 0 aliphatic heterocycles. The number of aliphatic hydroxyl groups is 1. The Balaban J connectivity index is 1.83. The molecule has 6 heteroatoms. The summed E-state index contributed by atoms with van der Waals surface area (Å²) in [4.78, 5) is 4.71. The third-order valence-electron chi connectivity index (χ3n) is 5.29. The van der Waals surface area contributed by atoms with E-state index in [0.717, 1.165) is 40.1 Å². The van der Waals surface area contributed by atoms with Gasteiger partial charge in [-0.2, -0.15) is 5.10 Å². The summed E-state index contributed by atoms with van der Waals surface area (Å²) in [6, 6.07) is 8.64. The van der Waals surface area contributed by atoms with Crippen LogP contribution in [0, 0.1) is 12.7 Å². The van der Waals surface area contributed by atoms with Crippen LogP contribution in [-0.2, 0) is 20.0 Å². The van der Waals surface area contributed by atoms with Crippen LogP contribution in [0.25, 0.3) is 22.3 Å². The number of benzene rings is 1. The van der Waals surface area contributed by atoms with Crippen LogP contribution in [0.1, 0.15) is 42.3 Å². The molecule has 0 aliphatic carbocycles. The predicted octanol–water partition coefficient (Wildman–Crippen LogP) is 4.55. The minimum atomic E-state index is -0.787. The van der Waals surface area contributed by atoms with Gasteiger partial charge < -0.3 is 9.67 Å². The van der Waals surface area contributed by atoms with Crippen molar-refractivity contribution in [1.29, 1.82) is 0 Å². The third-order valence-corrected chi connectivity index (χ3v) is 5.29. The summed E-state index contributed by atoms with van der Waals surface area (Å²) >= 11 is 0. The Kier molecular flexibility index (Phi) is 4.96. The van der Waals surface area contributed by atoms with Gasteiger partial charge in [-0.1, -0.05) is 0 Å². The van der Waals surface area contributed by atoms with E-state index in [1.54, 1.807) is 17.7 Å². The number of hydrogen-bond donors (Lipinski definition) is 1. The van der Waals surface area contributed by atoms with Gasteiger partial charge in [-0.3, -0.25) is 4.68 Å². The number of aromatic nitrogens is 4. The van der Waals surface area contributed by atoms with E-state index in [1.165, 1.54) is 17.7 Å². The first-order chi connectivity index (χ1) is 13.9. The van der Waals surface area contributed by atoms with Crippen molar-refractivity contribution >= 4 is 11.0 Å². The summed E-state index contributed by atoms with van der Waals surface area (Å²) in [5, 5.41) is 15.9. The van der Waals surface area contributed by atoms with E-state index in [0.29, 0.717) is 12.0 Å². The van der Waals surface area contributed by atoms with E-state index in [1.807, 2.05) is 26.2 Å². The van der Waals surface area contributed by atoms with Crippen LogP contribution >= 0.6 is 0 Å². The van der Waals surface area contributed by atoms with Crippen LogP contribution in [0.15, 0.2) is 42.7 Å². The van der Waals surface area contributed by atoms with Gasteiger partial charge in [0.05, 0.1) is 11.8 Å². The van der Waals surface area contributed by atoms with Crippen LogP contribution in [0.3, 0.4) is 0 Å². The molecule has 0 spiro atoms. The second kappa shape index (κ2) is 7.44. The molecule has 4 rings (SSSR count). The number of fused-ring (bicyclic) bond motifs is 1. The average Bonchev–Trinajstić information content (AvgIpc) is 3.21. The van der Waals surface area contributed by atoms with E-state index in [-0.39, 0.29) is 5.82 Å². The highest BCUT2D eigenvalue weighted by Crippen LogP contribution is 2.32. The van der Waals surface area contributed by atoms with Gasteiger partial charge in [-0.15, -0.1) is 0 Å². The molecule has 0 unspecified atom stereocenters. The molecule has 1 atom stereocenters. The van der Waals surface area contributed by atoms with Crippen molar-refractivity contribution in [2.45, 2.75) is 39.8 Å². The first-order valence-electron chi connectivity index (χ1n) is 9.83. The largest absolute Gasteiger partial charge is 0.389 e. The third kappa shape index (κ3) is 3.56. The van der Waals surface area contributed by atoms with Crippen molar-refractivity contribution in [1.82, 2.24) is 19.3 Å². The summed E-state index contributed by atoms with van der Waals surface area (Å²) in [5.74, 6) is -0.366. The summed E-state index contributed by atoms with van der Waals surface area (Å²) in [6.45, 7) is 6.59. The molecular weight excluding hydrogens is 367 g/mol. The number of aliphatic hydroxyl groups excluding tert-OH is 1. The fourth-order valence-corrected chi connectivity index (χ4v) is 3.91. The van der Waals surface area contributed by atoms with Crippen LogP contribution in [0.5, 0.6) is 0 Å². The highest BCUT2D eigenvalue weighted by atomic mass is 19.1. The molecule has 1 N–H and O–H groups in total. The molecule has 0 radical (unpaired) electrons. The molecule has 0 bridgehead atoms. The molecule has 0 saturated heterocycles. The van der Waals surface area contributed by atoms with Gasteiger partial charge in [0.25, 0.3) is 0 Å². The molecule has 0 saturated carbocycles. The van der Waals surface area contributed by atoms with Gasteiger partial charge in [0, 0.05) is 54.6 Å². The smallest absolute Gasteiger partial charge is 0.140 e. The maximum absolute atomic E-state index is 13.8. The molecule has 0 amide bonds. The first-order valence-corrected chi connectivity index (χ1v) is 9.83. The monoisotopic (exact) mass is 392 g/mol. The van der Waals surface area contributed by atoms with Gasteiger partial charge in [0.15, 0.2) is 0 Å².